The number of carbonyl (C=O) groups is 1. The van der Waals surface area contributed by atoms with Gasteiger partial charge in [0.05, 0.1) is 13.2 Å². The second-order valence-corrected chi connectivity index (χ2v) is 4.93. The van der Waals surface area contributed by atoms with E-state index >= 15 is 0 Å². The quantitative estimate of drug-likeness (QED) is 0.725. The minimum Gasteiger partial charge on any atom is -0.379 e. The van der Waals surface area contributed by atoms with E-state index in [2.05, 4.69) is 17.5 Å². The molecule has 0 radical (unpaired) electrons. The molecule has 15 heavy (non-hydrogen) atoms. The van der Waals surface area contributed by atoms with Crippen LogP contribution in [0.4, 0.5) is 0 Å². The second kappa shape index (κ2) is 5.32. The molecule has 1 aliphatic carbocycles. The number of hydrogen-bond donors (Lipinski definition) is 1. The van der Waals surface area contributed by atoms with Crippen molar-refractivity contribution in [3.8, 4) is 0 Å². The molecule has 0 amide bonds. The molecule has 1 heterocycles. The van der Waals surface area contributed by atoms with Gasteiger partial charge in [-0.25, -0.2) is 0 Å². The van der Waals surface area contributed by atoms with Crippen molar-refractivity contribution in [2.75, 3.05) is 26.3 Å². The highest BCUT2D eigenvalue weighted by Crippen LogP contribution is 2.29. The second-order valence-electron chi connectivity index (χ2n) is 4.49. The van der Waals surface area contributed by atoms with Gasteiger partial charge in [0.1, 0.15) is 0 Å². The fourth-order valence-electron chi connectivity index (χ4n) is 2.63. The van der Waals surface area contributed by atoms with Crippen LogP contribution in [-0.2, 0) is 9.53 Å². The van der Waals surface area contributed by atoms with Gasteiger partial charge in [0.15, 0.2) is 5.12 Å². The maximum Gasteiger partial charge on any atom is 0.188 e. The van der Waals surface area contributed by atoms with Crippen LogP contribution in [0.3, 0.4) is 0 Å². The lowest BCUT2D eigenvalue weighted by Crippen LogP contribution is -2.45. The Morgan fingerprint density at radius 1 is 1.13 bits per heavy atom. The fraction of sp³-hybridized carbons (Fsp3) is 0.909. The third-order valence-corrected chi connectivity index (χ3v) is 3.97. The summed E-state index contributed by atoms with van der Waals surface area (Å²) in [7, 11) is 0. The predicted octanol–water partition coefficient (Wildman–Crippen LogP) is 1.33. The SMILES string of the molecule is O=C(S)C1CCC(N2CCOCC2)CC1. The number of thiol groups is 1. The molecular formula is C11H19NO2S. The Bertz CT molecular complexity index is 221. The molecule has 4 heteroatoms. The van der Waals surface area contributed by atoms with Crippen molar-refractivity contribution in [1.82, 2.24) is 4.90 Å². The van der Waals surface area contributed by atoms with E-state index < -0.39 is 0 Å². The minimum absolute atomic E-state index is 0.0791. The van der Waals surface area contributed by atoms with E-state index in [9.17, 15) is 4.79 Å². The first-order valence-corrected chi connectivity index (χ1v) is 6.26. The van der Waals surface area contributed by atoms with Crippen molar-refractivity contribution in [1.29, 1.82) is 0 Å². The first kappa shape index (κ1) is 11.4. The molecule has 2 aliphatic rings. The van der Waals surface area contributed by atoms with Gasteiger partial charge in [0, 0.05) is 25.0 Å². The molecule has 0 N–H and O–H groups in total. The topological polar surface area (TPSA) is 29.5 Å². The average Bonchev–Trinajstić information content (AvgIpc) is 2.30. The van der Waals surface area contributed by atoms with Crippen LogP contribution in [0.25, 0.3) is 0 Å². The van der Waals surface area contributed by atoms with Crippen molar-refractivity contribution in [2.24, 2.45) is 5.92 Å². The Morgan fingerprint density at radius 3 is 2.27 bits per heavy atom. The summed E-state index contributed by atoms with van der Waals surface area (Å²) in [5.41, 5.74) is 0. The van der Waals surface area contributed by atoms with Crippen molar-refractivity contribution in [3.05, 3.63) is 0 Å². The van der Waals surface area contributed by atoms with Crippen LogP contribution < -0.4 is 0 Å². The van der Waals surface area contributed by atoms with E-state index in [0.29, 0.717) is 6.04 Å². The summed E-state index contributed by atoms with van der Waals surface area (Å²) < 4.78 is 5.34. The molecule has 2 fully saturated rings. The lowest BCUT2D eigenvalue weighted by Gasteiger charge is -2.38. The van der Waals surface area contributed by atoms with E-state index in [-0.39, 0.29) is 11.0 Å². The Balaban J connectivity index is 1.79. The van der Waals surface area contributed by atoms with Crippen molar-refractivity contribution < 1.29 is 9.53 Å². The molecule has 0 unspecified atom stereocenters. The summed E-state index contributed by atoms with van der Waals surface area (Å²) >= 11 is 3.93. The maximum atomic E-state index is 11.1. The fourth-order valence-corrected chi connectivity index (χ4v) is 2.89. The molecule has 0 spiro atoms. The molecule has 1 saturated heterocycles. The molecule has 2 rings (SSSR count). The lowest BCUT2D eigenvalue weighted by molar-refractivity contribution is -0.115. The van der Waals surface area contributed by atoms with E-state index in [0.717, 1.165) is 52.0 Å². The molecule has 86 valence electrons. The standard InChI is InChI=1S/C11H19NO2S/c13-11(15)9-1-3-10(4-2-9)12-5-7-14-8-6-12/h9-10H,1-8H2,(H,13,15). The molecule has 0 bridgehead atoms. The zero-order valence-electron chi connectivity index (χ0n) is 9.02. The highest BCUT2D eigenvalue weighted by molar-refractivity contribution is 7.96. The van der Waals surface area contributed by atoms with Crippen molar-refractivity contribution in [2.45, 2.75) is 31.7 Å². The number of nitrogens with zero attached hydrogens (tertiary/aromatic N) is 1. The highest BCUT2D eigenvalue weighted by atomic mass is 32.1. The van der Waals surface area contributed by atoms with E-state index in [1.165, 1.54) is 0 Å². The Morgan fingerprint density at radius 2 is 1.73 bits per heavy atom. The van der Waals surface area contributed by atoms with Crippen LogP contribution in [0.2, 0.25) is 0 Å². The predicted molar refractivity (Wildman–Crippen MR) is 62.1 cm³/mol. The average molecular weight is 229 g/mol. The molecule has 1 saturated carbocycles. The third kappa shape index (κ3) is 2.95. The smallest absolute Gasteiger partial charge is 0.188 e. The largest absolute Gasteiger partial charge is 0.379 e. The van der Waals surface area contributed by atoms with Crippen molar-refractivity contribution >= 4 is 17.7 Å². The minimum atomic E-state index is 0.0791. The number of carbonyl (C=O) groups excluding carboxylic acids is 1. The number of rotatable bonds is 2. The van der Waals surface area contributed by atoms with Gasteiger partial charge in [0.25, 0.3) is 0 Å². The highest BCUT2D eigenvalue weighted by Gasteiger charge is 2.28. The normalized spacial score (nSPS) is 33.9. The van der Waals surface area contributed by atoms with E-state index in [1.54, 1.807) is 0 Å². The molecule has 0 atom stereocenters. The molecule has 0 aromatic carbocycles. The number of hydrogen-bond acceptors (Lipinski definition) is 3. The maximum absolute atomic E-state index is 11.1. The molecule has 3 nitrogen and oxygen atoms in total. The Kier molecular flexibility index (Phi) is 4.05. The summed E-state index contributed by atoms with van der Waals surface area (Å²) in [5, 5.41) is 0.0791. The van der Waals surface area contributed by atoms with Crippen LogP contribution >= 0.6 is 12.6 Å². The van der Waals surface area contributed by atoms with Gasteiger partial charge < -0.3 is 4.74 Å². The van der Waals surface area contributed by atoms with Gasteiger partial charge in [-0.3, -0.25) is 9.69 Å². The zero-order chi connectivity index (χ0) is 10.7. The van der Waals surface area contributed by atoms with Crippen LogP contribution in [-0.4, -0.2) is 42.4 Å². The lowest BCUT2D eigenvalue weighted by atomic mass is 9.86. The van der Waals surface area contributed by atoms with Crippen LogP contribution in [0.15, 0.2) is 0 Å². The Labute approximate surface area is 96.6 Å². The van der Waals surface area contributed by atoms with Crippen LogP contribution in [0, 0.1) is 5.92 Å². The van der Waals surface area contributed by atoms with Gasteiger partial charge in [0.2, 0.25) is 0 Å². The number of morpholine rings is 1. The summed E-state index contributed by atoms with van der Waals surface area (Å²) in [4.78, 5) is 13.6. The van der Waals surface area contributed by atoms with Crippen LogP contribution in [0.5, 0.6) is 0 Å². The molecular weight excluding hydrogens is 210 g/mol. The third-order valence-electron chi connectivity index (χ3n) is 3.61. The summed E-state index contributed by atoms with van der Waals surface area (Å²) in [6.07, 6.45) is 4.34. The Hall–Kier alpha value is -0.0600. The van der Waals surface area contributed by atoms with Gasteiger partial charge in [-0.15, -0.1) is 12.6 Å². The zero-order valence-corrected chi connectivity index (χ0v) is 9.92. The molecule has 1 aliphatic heterocycles. The number of ether oxygens (including phenoxy) is 1. The summed E-state index contributed by atoms with van der Waals surface area (Å²) in [6, 6.07) is 0.679. The molecule has 0 aromatic heterocycles. The van der Waals surface area contributed by atoms with Crippen LogP contribution in [0.1, 0.15) is 25.7 Å². The van der Waals surface area contributed by atoms with Gasteiger partial charge in [-0.1, -0.05) is 0 Å². The van der Waals surface area contributed by atoms with Crippen molar-refractivity contribution in [3.63, 3.8) is 0 Å². The van der Waals surface area contributed by atoms with E-state index in [4.69, 9.17) is 4.74 Å². The first-order chi connectivity index (χ1) is 7.27. The summed E-state index contributed by atoms with van der Waals surface area (Å²) in [6.45, 7) is 3.85. The van der Waals surface area contributed by atoms with E-state index in [1.807, 2.05) is 0 Å². The van der Waals surface area contributed by atoms with Gasteiger partial charge in [-0.05, 0) is 25.7 Å². The van der Waals surface area contributed by atoms with Gasteiger partial charge >= 0.3 is 0 Å². The molecule has 0 aromatic rings. The first-order valence-electron chi connectivity index (χ1n) is 5.82. The van der Waals surface area contributed by atoms with Gasteiger partial charge in [-0.2, -0.15) is 0 Å². The monoisotopic (exact) mass is 229 g/mol. The summed E-state index contributed by atoms with van der Waals surface area (Å²) in [5.74, 6) is 0.214.